The summed E-state index contributed by atoms with van der Waals surface area (Å²) < 4.78 is 0. The summed E-state index contributed by atoms with van der Waals surface area (Å²) in [5.41, 5.74) is 1.29. The molecule has 2 atom stereocenters. The molecule has 0 aromatic heterocycles. The fourth-order valence-corrected chi connectivity index (χ4v) is 2.25. The number of nitrogens with zero attached hydrogens (tertiary/aromatic N) is 1. The second-order valence-electron chi connectivity index (χ2n) is 4.97. The van der Waals surface area contributed by atoms with E-state index in [4.69, 9.17) is 0 Å². The van der Waals surface area contributed by atoms with Crippen LogP contribution < -0.4 is 0 Å². The van der Waals surface area contributed by atoms with Crippen molar-refractivity contribution < 1.29 is 5.11 Å². The van der Waals surface area contributed by atoms with Crippen LogP contribution in [0.4, 0.5) is 0 Å². The molecule has 1 N–H and O–H groups in total. The summed E-state index contributed by atoms with van der Waals surface area (Å²) in [6.45, 7) is 7.86. The maximum absolute atomic E-state index is 9.32. The van der Waals surface area contributed by atoms with Gasteiger partial charge in [-0.05, 0) is 37.1 Å². The Morgan fingerprint density at radius 2 is 1.71 bits per heavy atom. The Hall–Kier alpha value is -1.02. The maximum Gasteiger partial charge on any atom is 0.115 e. The molecule has 0 heterocycles. The minimum Gasteiger partial charge on any atom is -0.508 e. The Bertz CT molecular complexity index is 320. The molecule has 0 bridgehead atoms. The molecule has 0 aliphatic carbocycles. The second-order valence-corrected chi connectivity index (χ2v) is 4.97. The lowest BCUT2D eigenvalue weighted by Crippen LogP contribution is -2.28. The molecule has 0 aliphatic heterocycles. The summed E-state index contributed by atoms with van der Waals surface area (Å²) in [7, 11) is 2.19. The third kappa shape index (κ3) is 4.04. The highest BCUT2D eigenvalue weighted by Crippen LogP contribution is 2.25. The van der Waals surface area contributed by atoms with Crippen molar-refractivity contribution in [2.45, 2.75) is 39.7 Å². The number of aromatic hydroxyl groups is 1. The topological polar surface area (TPSA) is 23.5 Å². The molecule has 1 aromatic carbocycles. The molecule has 0 spiro atoms. The quantitative estimate of drug-likeness (QED) is 0.810. The maximum atomic E-state index is 9.32. The predicted molar refractivity (Wildman–Crippen MR) is 73.2 cm³/mol. The zero-order chi connectivity index (χ0) is 12.8. The lowest BCUT2D eigenvalue weighted by Gasteiger charge is -2.29. The predicted octanol–water partition coefficient (Wildman–Crippen LogP) is 3.82. The monoisotopic (exact) mass is 235 g/mol. The van der Waals surface area contributed by atoms with Crippen LogP contribution in [0.15, 0.2) is 24.3 Å². The fraction of sp³-hybridized carbons (Fsp3) is 0.600. The third-order valence-corrected chi connectivity index (χ3v) is 3.49. The van der Waals surface area contributed by atoms with Gasteiger partial charge in [-0.3, -0.25) is 4.90 Å². The summed E-state index contributed by atoms with van der Waals surface area (Å²) in [5, 5.41) is 9.32. The van der Waals surface area contributed by atoms with Crippen LogP contribution in [0.1, 0.15) is 45.2 Å². The zero-order valence-electron chi connectivity index (χ0n) is 11.5. The Balaban J connectivity index is 2.73. The largest absolute Gasteiger partial charge is 0.508 e. The van der Waals surface area contributed by atoms with Gasteiger partial charge in [-0.1, -0.05) is 39.3 Å². The molecule has 2 heteroatoms. The Kier molecular flexibility index (Phi) is 5.49. The van der Waals surface area contributed by atoms with E-state index in [2.05, 4.69) is 32.7 Å². The molecule has 0 amide bonds. The molecule has 0 fully saturated rings. The van der Waals surface area contributed by atoms with Gasteiger partial charge in [0.05, 0.1) is 0 Å². The van der Waals surface area contributed by atoms with Crippen LogP contribution in [0.25, 0.3) is 0 Å². The van der Waals surface area contributed by atoms with E-state index in [1.54, 1.807) is 12.1 Å². The number of benzene rings is 1. The van der Waals surface area contributed by atoms with Gasteiger partial charge >= 0.3 is 0 Å². The van der Waals surface area contributed by atoms with E-state index >= 15 is 0 Å². The van der Waals surface area contributed by atoms with Crippen molar-refractivity contribution in [2.24, 2.45) is 5.92 Å². The Morgan fingerprint density at radius 1 is 1.12 bits per heavy atom. The molecule has 0 radical (unpaired) electrons. The molecule has 0 aliphatic rings. The van der Waals surface area contributed by atoms with E-state index in [9.17, 15) is 5.11 Å². The molecular weight excluding hydrogens is 210 g/mol. The first-order valence-corrected chi connectivity index (χ1v) is 6.57. The summed E-state index contributed by atoms with van der Waals surface area (Å²) in [6.07, 6.45) is 2.31. The first-order valence-electron chi connectivity index (χ1n) is 6.57. The van der Waals surface area contributed by atoms with Gasteiger partial charge in [-0.2, -0.15) is 0 Å². The first kappa shape index (κ1) is 14.0. The van der Waals surface area contributed by atoms with E-state index in [1.165, 1.54) is 12.0 Å². The standard InChI is InChI=1S/C15H25NO/c1-5-12(3)11-16(4)15(6-2)13-7-9-14(17)10-8-13/h7-10,12,15,17H,5-6,11H2,1-4H3. The molecule has 1 rings (SSSR count). The van der Waals surface area contributed by atoms with E-state index in [0.717, 1.165) is 18.9 Å². The lowest BCUT2D eigenvalue weighted by molar-refractivity contribution is 0.206. The average molecular weight is 235 g/mol. The van der Waals surface area contributed by atoms with Crippen molar-refractivity contribution in [1.29, 1.82) is 0 Å². The van der Waals surface area contributed by atoms with Crippen molar-refractivity contribution in [3.63, 3.8) is 0 Å². The molecule has 1 aromatic rings. The van der Waals surface area contributed by atoms with Crippen LogP contribution in [0.5, 0.6) is 5.75 Å². The molecule has 2 unspecified atom stereocenters. The summed E-state index contributed by atoms with van der Waals surface area (Å²) >= 11 is 0. The minimum absolute atomic E-state index is 0.341. The SMILES string of the molecule is CCC(C)CN(C)C(CC)c1ccc(O)cc1. The molecule has 2 nitrogen and oxygen atoms in total. The Morgan fingerprint density at radius 3 is 2.18 bits per heavy atom. The zero-order valence-corrected chi connectivity index (χ0v) is 11.5. The smallest absolute Gasteiger partial charge is 0.115 e. The highest BCUT2D eigenvalue weighted by atomic mass is 16.3. The number of hydrogen-bond acceptors (Lipinski definition) is 2. The number of hydrogen-bond donors (Lipinski definition) is 1. The van der Waals surface area contributed by atoms with Crippen molar-refractivity contribution in [1.82, 2.24) is 4.90 Å². The van der Waals surface area contributed by atoms with Gasteiger partial charge in [-0.25, -0.2) is 0 Å². The van der Waals surface area contributed by atoms with Crippen molar-refractivity contribution >= 4 is 0 Å². The molecule has 0 saturated heterocycles. The summed E-state index contributed by atoms with van der Waals surface area (Å²) in [4.78, 5) is 2.42. The Labute approximate surface area is 105 Å². The van der Waals surface area contributed by atoms with E-state index in [0.29, 0.717) is 11.8 Å². The second kappa shape index (κ2) is 6.65. The van der Waals surface area contributed by atoms with Crippen LogP contribution in [-0.2, 0) is 0 Å². The lowest BCUT2D eigenvalue weighted by atomic mass is 10.0. The normalized spacial score (nSPS) is 14.9. The van der Waals surface area contributed by atoms with Gasteiger partial charge in [-0.15, -0.1) is 0 Å². The van der Waals surface area contributed by atoms with Crippen LogP contribution in [0.2, 0.25) is 0 Å². The first-order chi connectivity index (χ1) is 8.08. The van der Waals surface area contributed by atoms with E-state index in [-0.39, 0.29) is 0 Å². The van der Waals surface area contributed by atoms with E-state index in [1.807, 2.05) is 12.1 Å². The molecular formula is C15H25NO. The van der Waals surface area contributed by atoms with Crippen LogP contribution in [0, 0.1) is 5.92 Å². The van der Waals surface area contributed by atoms with Crippen LogP contribution >= 0.6 is 0 Å². The van der Waals surface area contributed by atoms with Gasteiger partial charge in [0.2, 0.25) is 0 Å². The summed E-state index contributed by atoms with van der Waals surface area (Å²) in [5.74, 6) is 1.07. The summed E-state index contributed by atoms with van der Waals surface area (Å²) in [6, 6.07) is 8.04. The minimum atomic E-state index is 0.341. The van der Waals surface area contributed by atoms with Crippen molar-refractivity contribution in [2.75, 3.05) is 13.6 Å². The molecule has 0 saturated carbocycles. The van der Waals surface area contributed by atoms with Gasteiger partial charge in [0.25, 0.3) is 0 Å². The van der Waals surface area contributed by atoms with Crippen LogP contribution in [-0.4, -0.2) is 23.6 Å². The third-order valence-electron chi connectivity index (χ3n) is 3.49. The number of phenols is 1. The molecule has 96 valence electrons. The van der Waals surface area contributed by atoms with Gasteiger partial charge in [0, 0.05) is 12.6 Å². The van der Waals surface area contributed by atoms with Crippen molar-refractivity contribution in [3.8, 4) is 5.75 Å². The number of phenolic OH excluding ortho intramolecular Hbond substituents is 1. The van der Waals surface area contributed by atoms with Crippen LogP contribution in [0.3, 0.4) is 0 Å². The fourth-order valence-electron chi connectivity index (χ4n) is 2.25. The number of rotatable bonds is 6. The highest BCUT2D eigenvalue weighted by molar-refractivity contribution is 5.28. The average Bonchev–Trinajstić information content (AvgIpc) is 2.32. The van der Waals surface area contributed by atoms with Gasteiger partial charge < -0.3 is 5.11 Å². The van der Waals surface area contributed by atoms with Crippen molar-refractivity contribution in [3.05, 3.63) is 29.8 Å². The van der Waals surface area contributed by atoms with Gasteiger partial charge in [0.1, 0.15) is 5.75 Å². The van der Waals surface area contributed by atoms with Gasteiger partial charge in [0.15, 0.2) is 0 Å². The highest BCUT2D eigenvalue weighted by Gasteiger charge is 2.16. The van der Waals surface area contributed by atoms with E-state index < -0.39 is 0 Å². The molecule has 17 heavy (non-hydrogen) atoms.